The van der Waals surface area contributed by atoms with Crippen molar-refractivity contribution >= 4 is 20.0 Å². The van der Waals surface area contributed by atoms with E-state index in [-0.39, 0.29) is 16.3 Å². The predicted octanol–water partition coefficient (Wildman–Crippen LogP) is 1.68. The molecule has 1 aliphatic rings. The summed E-state index contributed by atoms with van der Waals surface area (Å²) < 4.78 is 52.7. The summed E-state index contributed by atoms with van der Waals surface area (Å²) in [4.78, 5) is 0.422. The molecule has 25 heavy (non-hydrogen) atoms. The Morgan fingerprint density at radius 2 is 1.56 bits per heavy atom. The van der Waals surface area contributed by atoms with Gasteiger partial charge in [-0.1, -0.05) is 24.3 Å². The van der Waals surface area contributed by atoms with E-state index in [0.29, 0.717) is 13.0 Å². The van der Waals surface area contributed by atoms with Crippen LogP contribution in [0, 0.1) is 0 Å². The van der Waals surface area contributed by atoms with E-state index < -0.39 is 20.0 Å². The van der Waals surface area contributed by atoms with E-state index in [9.17, 15) is 16.8 Å². The molecule has 0 bridgehead atoms. The lowest BCUT2D eigenvalue weighted by molar-refractivity contribution is 0.391. The molecule has 0 aliphatic carbocycles. The van der Waals surface area contributed by atoms with E-state index in [0.717, 1.165) is 15.4 Å². The van der Waals surface area contributed by atoms with Gasteiger partial charge in [-0.2, -0.15) is 4.31 Å². The number of rotatable bonds is 4. The third kappa shape index (κ3) is 3.35. The molecule has 3 rings (SSSR count). The molecular formula is C17H20N2O4S2. The summed E-state index contributed by atoms with van der Waals surface area (Å²) in [5, 5.41) is 0. The average molecular weight is 380 g/mol. The van der Waals surface area contributed by atoms with Crippen LogP contribution in [-0.4, -0.2) is 46.1 Å². The number of hydrogen-bond donors (Lipinski definition) is 0. The molecule has 0 atom stereocenters. The van der Waals surface area contributed by atoms with Crippen molar-refractivity contribution in [2.45, 2.75) is 22.8 Å². The zero-order valence-electron chi connectivity index (χ0n) is 14.1. The first-order valence-electron chi connectivity index (χ1n) is 7.82. The van der Waals surface area contributed by atoms with Gasteiger partial charge in [0.15, 0.2) is 0 Å². The first-order valence-corrected chi connectivity index (χ1v) is 10.7. The van der Waals surface area contributed by atoms with Gasteiger partial charge in [0, 0.05) is 27.2 Å². The van der Waals surface area contributed by atoms with Gasteiger partial charge in [0.05, 0.1) is 9.79 Å². The van der Waals surface area contributed by atoms with Gasteiger partial charge < -0.3 is 0 Å². The average Bonchev–Trinajstić information content (AvgIpc) is 2.61. The fraction of sp³-hybridized carbons (Fsp3) is 0.294. The summed E-state index contributed by atoms with van der Waals surface area (Å²) in [7, 11) is -4.20. The lowest BCUT2D eigenvalue weighted by Gasteiger charge is -2.28. The highest BCUT2D eigenvalue weighted by Crippen LogP contribution is 2.27. The normalized spacial score (nSPS) is 16.0. The van der Waals surface area contributed by atoms with Gasteiger partial charge in [-0.15, -0.1) is 0 Å². The zero-order valence-corrected chi connectivity index (χ0v) is 15.7. The summed E-state index contributed by atoms with van der Waals surface area (Å²) in [6.07, 6.45) is 0.559. The number of hydrogen-bond acceptors (Lipinski definition) is 4. The van der Waals surface area contributed by atoms with Crippen LogP contribution in [0.15, 0.2) is 58.3 Å². The monoisotopic (exact) mass is 380 g/mol. The van der Waals surface area contributed by atoms with Crippen molar-refractivity contribution in [3.8, 4) is 0 Å². The van der Waals surface area contributed by atoms with Gasteiger partial charge in [0.2, 0.25) is 20.0 Å². The van der Waals surface area contributed by atoms with Crippen molar-refractivity contribution in [2.24, 2.45) is 0 Å². The highest BCUT2D eigenvalue weighted by molar-refractivity contribution is 7.89. The molecule has 0 amide bonds. The number of sulfonamides is 2. The first-order chi connectivity index (χ1) is 11.7. The van der Waals surface area contributed by atoms with Crippen LogP contribution in [0.4, 0.5) is 0 Å². The van der Waals surface area contributed by atoms with E-state index in [2.05, 4.69) is 0 Å². The number of benzene rings is 2. The lowest BCUT2D eigenvalue weighted by Crippen LogP contribution is -2.36. The smallest absolute Gasteiger partial charge is 0.207 e. The zero-order chi connectivity index (χ0) is 18.2. The Morgan fingerprint density at radius 3 is 2.20 bits per heavy atom. The Balaban J connectivity index is 1.96. The second-order valence-electron chi connectivity index (χ2n) is 6.12. The molecule has 0 saturated heterocycles. The van der Waals surface area contributed by atoms with Crippen LogP contribution in [0.25, 0.3) is 0 Å². The first kappa shape index (κ1) is 18.1. The Morgan fingerprint density at radius 1 is 0.880 bits per heavy atom. The SMILES string of the molecule is CN(C)S(=O)(=O)c1ccc2c(c1)CN(S(=O)(=O)c1ccccc1)CC2. The van der Waals surface area contributed by atoms with Crippen LogP contribution in [0.5, 0.6) is 0 Å². The van der Waals surface area contributed by atoms with Crippen molar-refractivity contribution in [2.75, 3.05) is 20.6 Å². The standard InChI is InChI=1S/C17H20N2O4S2/c1-18(2)24(20,21)17-9-8-14-10-11-19(13-15(14)12-17)25(22,23)16-6-4-3-5-7-16/h3-9,12H,10-11,13H2,1-2H3. The van der Waals surface area contributed by atoms with Gasteiger partial charge >= 0.3 is 0 Å². The second-order valence-corrected chi connectivity index (χ2v) is 10.2. The van der Waals surface area contributed by atoms with E-state index in [4.69, 9.17) is 0 Å². The predicted molar refractivity (Wildman–Crippen MR) is 95.1 cm³/mol. The summed E-state index contributed by atoms with van der Waals surface area (Å²) >= 11 is 0. The van der Waals surface area contributed by atoms with E-state index in [1.807, 2.05) is 0 Å². The molecule has 6 nitrogen and oxygen atoms in total. The molecule has 0 unspecified atom stereocenters. The van der Waals surface area contributed by atoms with E-state index >= 15 is 0 Å². The molecule has 1 heterocycles. The molecule has 2 aromatic carbocycles. The van der Waals surface area contributed by atoms with Crippen molar-refractivity contribution in [1.29, 1.82) is 0 Å². The molecule has 2 aromatic rings. The summed E-state index contributed by atoms with van der Waals surface area (Å²) in [6.45, 7) is 0.549. The van der Waals surface area contributed by atoms with E-state index in [1.165, 1.54) is 18.4 Å². The molecule has 0 saturated carbocycles. The Hall–Kier alpha value is -1.74. The largest absolute Gasteiger partial charge is 0.243 e. The third-order valence-electron chi connectivity index (χ3n) is 4.31. The van der Waals surface area contributed by atoms with Gasteiger partial charge in [-0.3, -0.25) is 0 Å². The van der Waals surface area contributed by atoms with E-state index in [1.54, 1.807) is 48.5 Å². The van der Waals surface area contributed by atoms with Crippen LogP contribution in [-0.2, 0) is 33.0 Å². The second kappa shape index (κ2) is 6.53. The molecule has 0 spiro atoms. The van der Waals surface area contributed by atoms with Crippen molar-refractivity contribution in [1.82, 2.24) is 8.61 Å². The molecule has 1 aliphatic heterocycles. The number of nitrogens with zero attached hydrogens (tertiary/aromatic N) is 2. The highest BCUT2D eigenvalue weighted by Gasteiger charge is 2.29. The van der Waals surface area contributed by atoms with Crippen LogP contribution in [0.2, 0.25) is 0 Å². The molecule has 0 radical (unpaired) electrons. The minimum absolute atomic E-state index is 0.170. The fourth-order valence-corrected chi connectivity index (χ4v) is 5.22. The Kier molecular flexibility index (Phi) is 4.72. The number of fused-ring (bicyclic) bond motifs is 1. The maximum atomic E-state index is 12.8. The summed E-state index contributed by atoms with van der Waals surface area (Å²) in [5.41, 5.74) is 1.71. The Bertz CT molecular complexity index is 985. The third-order valence-corrected chi connectivity index (χ3v) is 7.99. The highest BCUT2D eigenvalue weighted by atomic mass is 32.2. The summed E-state index contributed by atoms with van der Waals surface area (Å²) in [6, 6.07) is 13.2. The van der Waals surface area contributed by atoms with Crippen LogP contribution in [0.1, 0.15) is 11.1 Å². The Labute approximate surface area is 148 Å². The molecule has 0 aromatic heterocycles. The van der Waals surface area contributed by atoms with Gasteiger partial charge in [-0.25, -0.2) is 21.1 Å². The van der Waals surface area contributed by atoms with Crippen LogP contribution < -0.4 is 0 Å². The van der Waals surface area contributed by atoms with Gasteiger partial charge in [0.1, 0.15) is 0 Å². The maximum absolute atomic E-state index is 12.8. The van der Waals surface area contributed by atoms with Crippen LogP contribution in [0.3, 0.4) is 0 Å². The van der Waals surface area contributed by atoms with Crippen LogP contribution >= 0.6 is 0 Å². The summed E-state index contributed by atoms with van der Waals surface area (Å²) in [5.74, 6) is 0. The molecule has 8 heteroatoms. The maximum Gasteiger partial charge on any atom is 0.243 e. The minimum Gasteiger partial charge on any atom is -0.207 e. The molecule has 134 valence electrons. The molecular weight excluding hydrogens is 360 g/mol. The fourth-order valence-electron chi connectivity index (χ4n) is 2.83. The van der Waals surface area contributed by atoms with Crippen molar-refractivity contribution in [3.05, 3.63) is 59.7 Å². The van der Waals surface area contributed by atoms with Gasteiger partial charge in [0.25, 0.3) is 0 Å². The van der Waals surface area contributed by atoms with Crippen molar-refractivity contribution in [3.63, 3.8) is 0 Å². The molecule has 0 N–H and O–H groups in total. The minimum atomic E-state index is -3.60. The van der Waals surface area contributed by atoms with Gasteiger partial charge in [-0.05, 0) is 41.8 Å². The molecule has 0 fully saturated rings. The van der Waals surface area contributed by atoms with Crippen molar-refractivity contribution < 1.29 is 16.8 Å². The topological polar surface area (TPSA) is 74.8 Å². The quantitative estimate of drug-likeness (QED) is 0.809. The lowest BCUT2D eigenvalue weighted by atomic mass is 10.0.